The molecule has 0 saturated heterocycles. The molecule has 0 saturated carbocycles. The first-order chi connectivity index (χ1) is 11.6. The lowest BCUT2D eigenvalue weighted by atomic mass is 10.1. The van der Waals surface area contributed by atoms with Crippen molar-refractivity contribution in [2.75, 3.05) is 6.79 Å². The number of non-ortho nitro benzene ring substituents is 1. The smallest absolute Gasteiger partial charge is 0.306 e. The van der Waals surface area contributed by atoms with Crippen molar-refractivity contribution < 1.29 is 28.3 Å². The van der Waals surface area contributed by atoms with Crippen LogP contribution in [0.2, 0.25) is 0 Å². The van der Waals surface area contributed by atoms with Gasteiger partial charge in [-0.1, -0.05) is 0 Å². The highest BCUT2D eigenvalue weighted by atomic mass is 16.7. The molecule has 0 unspecified atom stereocenters. The highest BCUT2D eigenvalue weighted by Gasteiger charge is 2.21. The van der Waals surface area contributed by atoms with E-state index in [-0.39, 0.29) is 32.1 Å². The second-order valence-electron chi connectivity index (χ2n) is 5.20. The monoisotopic (exact) mass is 333 g/mol. The topological polar surface area (TPSA) is 101 Å². The van der Waals surface area contributed by atoms with Gasteiger partial charge in [0.2, 0.25) is 0 Å². The van der Waals surface area contributed by atoms with Gasteiger partial charge in [0.05, 0.1) is 24.2 Å². The number of nitro benzene ring substituents is 1. The predicted octanol–water partition coefficient (Wildman–Crippen LogP) is 2.73. The zero-order valence-electron chi connectivity index (χ0n) is 12.7. The third-order valence-electron chi connectivity index (χ3n) is 3.53. The number of ether oxygens (including phenoxy) is 3. The number of nitrogens with zero attached hydrogens (tertiary/aromatic N) is 1. The number of fused-ring (bicyclic) bond motifs is 1. The van der Waals surface area contributed by atoms with E-state index in [2.05, 4.69) is 0 Å². The minimum absolute atomic E-state index is 0.0598. The number of aryl methyl sites for hydroxylation is 1. The summed E-state index contributed by atoms with van der Waals surface area (Å²) in [6, 6.07) is 6.27. The standard InChI is InChI=1S/C16H15NO7/c18-15(4-3-14-2-1-5-22-14)23-9-12-7-13(17(19)20)6-11-8-21-10-24-16(11)12/h1-2,5-7H,3-4,8-10H2. The molecule has 2 aromatic rings. The van der Waals surface area contributed by atoms with E-state index in [1.807, 2.05) is 0 Å². The number of benzene rings is 1. The molecule has 1 aromatic heterocycles. The van der Waals surface area contributed by atoms with Gasteiger partial charge < -0.3 is 18.6 Å². The van der Waals surface area contributed by atoms with Crippen molar-refractivity contribution in [1.82, 2.24) is 0 Å². The molecule has 3 rings (SSSR count). The Kier molecular flexibility index (Phi) is 4.76. The van der Waals surface area contributed by atoms with Crippen molar-refractivity contribution in [3.63, 3.8) is 0 Å². The summed E-state index contributed by atoms with van der Waals surface area (Å²) < 4.78 is 20.9. The molecule has 1 aliphatic rings. The molecular formula is C16H15NO7. The van der Waals surface area contributed by atoms with Gasteiger partial charge in [0.15, 0.2) is 6.79 Å². The third-order valence-corrected chi connectivity index (χ3v) is 3.53. The fourth-order valence-corrected chi connectivity index (χ4v) is 2.40. The zero-order chi connectivity index (χ0) is 16.9. The van der Waals surface area contributed by atoms with E-state index >= 15 is 0 Å². The summed E-state index contributed by atoms with van der Waals surface area (Å²) in [7, 11) is 0. The van der Waals surface area contributed by atoms with E-state index in [4.69, 9.17) is 18.6 Å². The fourth-order valence-electron chi connectivity index (χ4n) is 2.40. The molecule has 2 heterocycles. The Hall–Kier alpha value is -2.87. The average Bonchev–Trinajstić information content (AvgIpc) is 3.11. The van der Waals surface area contributed by atoms with Crippen LogP contribution in [-0.4, -0.2) is 17.7 Å². The number of hydrogen-bond donors (Lipinski definition) is 0. The van der Waals surface area contributed by atoms with Crippen molar-refractivity contribution in [2.24, 2.45) is 0 Å². The van der Waals surface area contributed by atoms with Crippen LogP contribution in [-0.2, 0) is 33.9 Å². The fraction of sp³-hybridized carbons (Fsp3) is 0.312. The summed E-state index contributed by atoms with van der Waals surface area (Å²) >= 11 is 0. The van der Waals surface area contributed by atoms with E-state index < -0.39 is 10.9 Å². The largest absolute Gasteiger partial charge is 0.469 e. The third kappa shape index (κ3) is 3.72. The number of carbonyl (C=O) groups is 1. The number of nitro groups is 1. The highest BCUT2D eigenvalue weighted by Crippen LogP contribution is 2.33. The number of furan rings is 1. The van der Waals surface area contributed by atoms with Gasteiger partial charge in [0.1, 0.15) is 18.1 Å². The zero-order valence-corrected chi connectivity index (χ0v) is 12.7. The van der Waals surface area contributed by atoms with Gasteiger partial charge >= 0.3 is 5.97 Å². The van der Waals surface area contributed by atoms with Crippen molar-refractivity contribution in [3.05, 3.63) is 57.5 Å². The van der Waals surface area contributed by atoms with E-state index in [0.717, 1.165) is 0 Å². The van der Waals surface area contributed by atoms with Crippen LogP contribution in [0.4, 0.5) is 5.69 Å². The molecule has 0 spiro atoms. The maximum atomic E-state index is 11.8. The molecule has 0 amide bonds. The molecule has 24 heavy (non-hydrogen) atoms. The Morgan fingerprint density at radius 3 is 3.00 bits per heavy atom. The van der Waals surface area contributed by atoms with E-state index in [1.54, 1.807) is 12.1 Å². The maximum Gasteiger partial charge on any atom is 0.306 e. The van der Waals surface area contributed by atoms with Crippen LogP contribution in [0.5, 0.6) is 5.75 Å². The molecule has 0 aliphatic carbocycles. The number of rotatable bonds is 6. The number of carbonyl (C=O) groups excluding carboxylic acids is 1. The van der Waals surface area contributed by atoms with Gasteiger partial charge in [-0.15, -0.1) is 0 Å². The van der Waals surface area contributed by atoms with Gasteiger partial charge in [-0.05, 0) is 12.1 Å². The molecule has 1 aliphatic heterocycles. The lowest BCUT2D eigenvalue weighted by Gasteiger charge is -2.20. The Labute approximate surface area is 137 Å². The van der Waals surface area contributed by atoms with Crippen LogP contribution in [0.25, 0.3) is 0 Å². The Balaban J connectivity index is 1.66. The molecular weight excluding hydrogens is 318 g/mol. The first kappa shape index (κ1) is 16.0. The predicted molar refractivity (Wildman–Crippen MR) is 80.2 cm³/mol. The van der Waals surface area contributed by atoms with Gasteiger partial charge in [-0.3, -0.25) is 14.9 Å². The summed E-state index contributed by atoms with van der Waals surface area (Å²) in [5.41, 5.74) is 0.926. The molecule has 126 valence electrons. The lowest BCUT2D eigenvalue weighted by Crippen LogP contribution is -2.15. The van der Waals surface area contributed by atoms with Gasteiger partial charge in [0.25, 0.3) is 5.69 Å². The van der Waals surface area contributed by atoms with Crippen molar-refractivity contribution in [1.29, 1.82) is 0 Å². The first-order valence-corrected chi connectivity index (χ1v) is 7.32. The van der Waals surface area contributed by atoms with Crippen molar-refractivity contribution >= 4 is 11.7 Å². The number of hydrogen-bond acceptors (Lipinski definition) is 7. The van der Waals surface area contributed by atoms with Crippen molar-refractivity contribution in [3.8, 4) is 5.75 Å². The van der Waals surface area contributed by atoms with Gasteiger partial charge in [-0.2, -0.15) is 0 Å². The second kappa shape index (κ2) is 7.14. The number of esters is 1. The quantitative estimate of drug-likeness (QED) is 0.455. The van der Waals surface area contributed by atoms with Crippen LogP contribution in [0.15, 0.2) is 34.9 Å². The molecule has 8 nitrogen and oxygen atoms in total. The lowest BCUT2D eigenvalue weighted by molar-refractivity contribution is -0.385. The average molecular weight is 333 g/mol. The Morgan fingerprint density at radius 2 is 2.25 bits per heavy atom. The summed E-state index contributed by atoms with van der Waals surface area (Å²) in [6.45, 7) is 0.182. The summed E-state index contributed by atoms with van der Waals surface area (Å²) in [5.74, 6) is 0.754. The van der Waals surface area contributed by atoms with E-state index in [0.29, 0.717) is 29.1 Å². The normalized spacial score (nSPS) is 13.0. The summed E-state index contributed by atoms with van der Waals surface area (Å²) in [6.07, 6.45) is 2.13. The van der Waals surface area contributed by atoms with E-state index in [1.165, 1.54) is 18.4 Å². The van der Waals surface area contributed by atoms with Gasteiger partial charge in [0, 0.05) is 29.7 Å². The van der Waals surface area contributed by atoms with Crippen LogP contribution >= 0.6 is 0 Å². The van der Waals surface area contributed by atoms with Crippen LogP contribution in [0.1, 0.15) is 23.3 Å². The SMILES string of the molecule is O=C(CCc1ccco1)OCc1cc([N+](=O)[O-])cc2c1OCOC2. The Bertz CT molecular complexity index is 739. The van der Waals surface area contributed by atoms with Crippen molar-refractivity contribution in [2.45, 2.75) is 26.1 Å². The molecule has 0 N–H and O–H groups in total. The second-order valence-corrected chi connectivity index (χ2v) is 5.20. The molecule has 0 fully saturated rings. The minimum Gasteiger partial charge on any atom is -0.469 e. The van der Waals surface area contributed by atoms with Crippen LogP contribution < -0.4 is 4.74 Å². The van der Waals surface area contributed by atoms with Crippen LogP contribution in [0, 0.1) is 10.1 Å². The van der Waals surface area contributed by atoms with Gasteiger partial charge in [-0.25, -0.2) is 0 Å². The molecule has 0 atom stereocenters. The maximum absolute atomic E-state index is 11.8. The summed E-state index contributed by atoms with van der Waals surface area (Å²) in [4.78, 5) is 22.3. The molecule has 8 heteroatoms. The first-order valence-electron chi connectivity index (χ1n) is 7.32. The highest BCUT2D eigenvalue weighted by molar-refractivity contribution is 5.69. The Morgan fingerprint density at radius 1 is 1.38 bits per heavy atom. The molecule has 0 radical (unpaired) electrons. The minimum atomic E-state index is -0.503. The molecule has 1 aromatic carbocycles. The molecule has 0 bridgehead atoms. The van der Waals surface area contributed by atoms with Crippen LogP contribution in [0.3, 0.4) is 0 Å². The van der Waals surface area contributed by atoms with E-state index in [9.17, 15) is 14.9 Å². The summed E-state index contributed by atoms with van der Waals surface area (Å²) in [5, 5.41) is 11.0.